The summed E-state index contributed by atoms with van der Waals surface area (Å²) in [6.45, 7) is 0. The van der Waals surface area contributed by atoms with Crippen molar-refractivity contribution in [3.05, 3.63) is 52.3 Å². The fraction of sp³-hybridized carbons (Fsp3) is 0.267. The van der Waals surface area contributed by atoms with Crippen LogP contribution in [0.3, 0.4) is 0 Å². The zero-order valence-electron chi connectivity index (χ0n) is 11.5. The molecule has 1 aliphatic carbocycles. The monoisotopic (exact) mass is 319 g/mol. The highest BCUT2D eigenvalue weighted by atomic mass is 35.5. The number of amides is 1. The topological polar surface area (TPSA) is 95.1 Å². The molecule has 0 bridgehead atoms. The molecule has 0 saturated heterocycles. The van der Waals surface area contributed by atoms with Gasteiger partial charge in [-0.1, -0.05) is 23.7 Å². The second-order valence-corrected chi connectivity index (χ2v) is 5.72. The molecule has 1 aromatic carbocycles. The van der Waals surface area contributed by atoms with Crippen molar-refractivity contribution in [2.75, 3.05) is 0 Å². The third kappa shape index (κ3) is 3.12. The van der Waals surface area contributed by atoms with Crippen LogP contribution in [0.25, 0.3) is 0 Å². The van der Waals surface area contributed by atoms with E-state index in [-0.39, 0.29) is 5.69 Å². The summed E-state index contributed by atoms with van der Waals surface area (Å²) < 4.78 is 0. The number of nitrogens with zero attached hydrogens (tertiary/aromatic N) is 1. The van der Waals surface area contributed by atoms with Gasteiger partial charge < -0.3 is 10.4 Å². The molecule has 0 radical (unpaired) electrons. The number of benzene rings is 1. The van der Waals surface area contributed by atoms with Crippen LogP contribution in [0.5, 0.6) is 0 Å². The molecule has 1 amide bonds. The number of hydrogen-bond donors (Lipinski definition) is 3. The van der Waals surface area contributed by atoms with E-state index in [9.17, 15) is 14.7 Å². The lowest BCUT2D eigenvalue weighted by atomic mass is 10.1. The third-order valence-corrected chi connectivity index (χ3v) is 3.83. The van der Waals surface area contributed by atoms with Gasteiger partial charge in [-0.05, 0) is 36.6 Å². The lowest BCUT2D eigenvalue weighted by molar-refractivity contribution is -0.139. The van der Waals surface area contributed by atoms with E-state index >= 15 is 0 Å². The van der Waals surface area contributed by atoms with Gasteiger partial charge in [0.1, 0.15) is 5.69 Å². The van der Waals surface area contributed by atoms with Crippen LogP contribution in [-0.2, 0) is 4.79 Å². The molecule has 1 atom stereocenters. The first-order valence-corrected chi connectivity index (χ1v) is 7.27. The maximum Gasteiger partial charge on any atom is 0.330 e. The van der Waals surface area contributed by atoms with Crippen molar-refractivity contribution in [2.24, 2.45) is 0 Å². The molecule has 1 aromatic heterocycles. The fourth-order valence-corrected chi connectivity index (χ4v) is 2.33. The van der Waals surface area contributed by atoms with Gasteiger partial charge in [0.05, 0.1) is 0 Å². The minimum Gasteiger partial charge on any atom is -0.479 e. The molecular weight excluding hydrogens is 306 g/mol. The number of H-pyrrole nitrogens is 1. The van der Waals surface area contributed by atoms with E-state index in [0.29, 0.717) is 16.5 Å². The van der Waals surface area contributed by atoms with Gasteiger partial charge in [-0.25, -0.2) is 4.79 Å². The van der Waals surface area contributed by atoms with Crippen molar-refractivity contribution < 1.29 is 14.7 Å². The summed E-state index contributed by atoms with van der Waals surface area (Å²) in [7, 11) is 0. The Morgan fingerprint density at radius 1 is 1.32 bits per heavy atom. The van der Waals surface area contributed by atoms with Gasteiger partial charge in [-0.2, -0.15) is 5.10 Å². The van der Waals surface area contributed by atoms with Gasteiger partial charge in [0.15, 0.2) is 6.04 Å². The van der Waals surface area contributed by atoms with Crippen molar-refractivity contribution in [1.29, 1.82) is 0 Å². The van der Waals surface area contributed by atoms with Crippen LogP contribution in [0.4, 0.5) is 0 Å². The largest absolute Gasteiger partial charge is 0.479 e. The molecule has 1 aliphatic rings. The molecule has 7 heteroatoms. The first kappa shape index (κ1) is 14.6. The molecule has 0 aliphatic heterocycles. The van der Waals surface area contributed by atoms with E-state index in [1.54, 1.807) is 30.3 Å². The normalized spacial score (nSPS) is 15.3. The van der Waals surface area contributed by atoms with Gasteiger partial charge in [-0.3, -0.25) is 9.89 Å². The molecule has 1 heterocycles. The third-order valence-electron chi connectivity index (χ3n) is 3.57. The number of rotatable bonds is 5. The first-order valence-electron chi connectivity index (χ1n) is 6.89. The van der Waals surface area contributed by atoms with Gasteiger partial charge in [0.25, 0.3) is 5.91 Å². The average Bonchev–Trinajstić information content (AvgIpc) is 3.22. The molecule has 0 spiro atoms. The lowest BCUT2D eigenvalue weighted by Crippen LogP contribution is -2.33. The van der Waals surface area contributed by atoms with Crippen molar-refractivity contribution in [1.82, 2.24) is 15.5 Å². The molecule has 1 saturated carbocycles. The summed E-state index contributed by atoms with van der Waals surface area (Å²) in [6, 6.07) is 6.83. The Hall–Kier alpha value is -2.34. The number of aromatic nitrogens is 2. The van der Waals surface area contributed by atoms with Crippen molar-refractivity contribution in [3.8, 4) is 0 Å². The molecule has 2 aromatic rings. The zero-order chi connectivity index (χ0) is 15.7. The van der Waals surface area contributed by atoms with Crippen LogP contribution in [0.15, 0.2) is 30.3 Å². The minimum atomic E-state index is -1.15. The highest BCUT2D eigenvalue weighted by molar-refractivity contribution is 6.30. The van der Waals surface area contributed by atoms with Crippen molar-refractivity contribution in [2.45, 2.75) is 24.8 Å². The first-order chi connectivity index (χ1) is 10.5. The maximum atomic E-state index is 12.2. The number of carboxylic acids is 1. The van der Waals surface area contributed by atoms with Gasteiger partial charge in [0, 0.05) is 16.6 Å². The van der Waals surface area contributed by atoms with Crippen LogP contribution in [-0.4, -0.2) is 27.2 Å². The number of hydrogen-bond acceptors (Lipinski definition) is 3. The maximum absolute atomic E-state index is 12.2. The quantitative estimate of drug-likeness (QED) is 0.789. The molecule has 114 valence electrons. The zero-order valence-corrected chi connectivity index (χ0v) is 12.3. The molecule has 22 heavy (non-hydrogen) atoms. The number of aliphatic carboxylic acids is 1. The summed E-state index contributed by atoms with van der Waals surface area (Å²) in [6.07, 6.45) is 2.18. The fourth-order valence-electron chi connectivity index (χ4n) is 2.20. The van der Waals surface area contributed by atoms with Crippen molar-refractivity contribution >= 4 is 23.5 Å². The summed E-state index contributed by atoms with van der Waals surface area (Å²) in [4.78, 5) is 23.6. The number of carboxylic acid groups (broad SMARTS) is 1. The SMILES string of the molecule is O=C(NC(C(=O)O)c1ccc(Cl)cc1)c1cc(C2CC2)[nH]n1. The Bertz CT molecular complexity index is 707. The number of carbonyl (C=O) groups excluding carboxylic acids is 1. The smallest absolute Gasteiger partial charge is 0.330 e. The van der Waals surface area contributed by atoms with E-state index in [2.05, 4.69) is 15.5 Å². The molecule has 1 fully saturated rings. The summed E-state index contributed by atoms with van der Waals surface area (Å²) in [5, 5.41) is 19.1. The number of nitrogens with one attached hydrogen (secondary N) is 2. The molecule has 3 rings (SSSR count). The predicted molar refractivity (Wildman–Crippen MR) is 79.9 cm³/mol. The van der Waals surface area contributed by atoms with Crippen LogP contribution in [0.2, 0.25) is 5.02 Å². The van der Waals surface area contributed by atoms with Gasteiger partial charge in [-0.15, -0.1) is 0 Å². The van der Waals surface area contributed by atoms with Crippen LogP contribution >= 0.6 is 11.6 Å². The Labute approximate surface area is 131 Å². The second kappa shape index (κ2) is 5.81. The molecule has 3 N–H and O–H groups in total. The second-order valence-electron chi connectivity index (χ2n) is 5.28. The summed E-state index contributed by atoms with van der Waals surface area (Å²) in [5.74, 6) is -1.22. The predicted octanol–water partition coefficient (Wildman–Crippen LogP) is 2.50. The minimum absolute atomic E-state index is 0.196. The van der Waals surface area contributed by atoms with Crippen molar-refractivity contribution in [3.63, 3.8) is 0 Å². The Balaban J connectivity index is 1.76. The Morgan fingerprint density at radius 3 is 2.59 bits per heavy atom. The highest BCUT2D eigenvalue weighted by Gasteiger charge is 2.28. The number of carbonyl (C=O) groups is 2. The molecular formula is C15H14ClN3O3. The molecule has 1 unspecified atom stereocenters. The number of halogens is 1. The highest BCUT2D eigenvalue weighted by Crippen LogP contribution is 2.39. The standard InChI is InChI=1S/C15H14ClN3O3/c16-10-5-3-9(4-6-10)13(15(21)22)17-14(20)12-7-11(18-19-12)8-1-2-8/h3-8,13H,1-2H2,(H,17,20)(H,18,19)(H,21,22). The number of aromatic amines is 1. The van der Waals surface area contributed by atoms with E-state index < -0.39 is 17.9 Å². The van der Waals surface area contributed by atoms with E-state index in [4.69, 9.17) is 11.6 Å². The van der Waals surface area contributed by atoms with Crippen LogP contribution in [0.1, 0.15) is 46.5 Å². The van der Waals surface area contributed by atoms with Gasteiger partial charge >= 0.3 is 5.97 Å². The van der Waals surface area contributed by atoms with E-state index in [1.165, 1.54) is 0 Å². The Kier molecular flexibility index (Phi) is 3.85. The van der Waals surface area contributed by atoms with E-state index in [0.717, 1.165) is 18.5 Å². The van der Waals surface area contributed by atoms with E-state index in [1.807, 2.05) is 0 Å². The Morgan fingerprint density at radius 2 is 2.00 bits per heavy atom. The van der Waals surface area contributed by atoms with Gasteiger partial charge in [0.2, 0.25) is 0 Å². The van der Waals surface area contributed by atoms with Crippen LogP contribution in [0, 0.1) is 0 Å². The summed E-state index contributed by atoms with van der Waals surface area (Å²) in [5.41, 5.74) is 1.56. The summed E-state index contributed by atoms with van der Waals surface area (Å²) >= 11 is 5.79. The molecule has 6 nitrogen and oxygen atoms in total. The lowest BCUT2D eigenvalue weighted by Gasteiger charge is -2.14. The average molecular weight is 320 g/mol. The van der Waals surface area contributed by atoms with Crippen LogP contribution < -0.4 is 5.32 Å².